The number of aromatic nitrogens is 1. The fraction of sp³-hybridized carbons (Fsp3) is 0.312. The molecule has 0 spiro atoms. The molecule has 126 valence electrons. The van der Waals surface area contributed by atoms with Crippen molar-refractivity contribution in [2.45, 2.75) is 18.4 Å². The van der Waals surface area contributed by atoms with Gasteiger partial charge in [-0.3, -0.25) is 9.69 Å². The smallest absolute Gasteiger partial charge is 0.239 e. The normalized spacial score (nSPS) is 24.0. The van der Waals surface area contributed by atoms with Crippen LogP contribution in [0.15, 0.2) is 39.2 Å². The lowest BCUT2D eigenvalue weighted by atomic mass is 9.78. The van der Waals surface area contributed by atoms with Crippen LogP contribution in [0.5, 0.6) is 5.88 Å². The summed E-state index contributed by atoms with van der Waals surface area (Å²) in [4.78, 5) is 24.2. The van der Waals surface area contributed by atoms with E-state index in [4.69, 9.17) is 10.5 Å². The molecule has 3 rings (SSSR count). The highest BCUT2D eigenvalue weighted by atomic mass is 79.9. The molecule has 8 heteroatoms. The summed E-state index contributed by atoms with van der Waals surface area (Å²) in [6, 6.07) is 5.57. The maximum atomic E-state index is 13.0. The number of halogens is 1. The second kappa shape index (κ2) is 6.18. The number of carbonyl (C=O) groups is 1. The number of nitrogens with zero attached hydrogens (tertiary/aromatic N) is 3. The van der Waals surface area contributed by atoms with Crippen molar-refractivity contribution in [1.29, 1.82) is 0 Å². The number of methoxy groups -OCH3 is 1. The predicted octanol–water partition coefficient (Wildman–Crippen LogP) is 2.70. The number of amides is 1. The summed E-state index contributed by atoms with van der Waals surface area (Å²) >= 11 is 5.01. The van der Waals surface area contributed by atoms with Crippen LogP contribution in [0, 0.1) is 0 Å². The number of pyridine rings is 1. The first-order valence-electron chi connectivity index (χ1n) is 7.24. The van der Waals surface area contributed by atoms with Crippen LogP contribution in [0.4, 0.5) is 0 Å². The van der Waals surface area contributed by atoms with E-state index >= 15 is 0 Å². The molecule has 2 atom stereocenters. The van der Waals surface area contributed by atoms with Crippen molar-refractivity contribution in [3.63, 3.8) is 0 Å². The molecule has 0 bridgehead atoms. The third-order valence-corrected chi connectivity index (χ3v) is 6.12. The van der Waals surface area contributed by atoms with Crippen molar-refractivity contribution in [2.24, 2.45) is 10.7 Å². The predicted molar refractivity (Wildman–Crippen MR) is 97.3 cm³/mol. The summed E-state index contributed by atoms with van der Waals surface area (Å²) in [5.74, 6) is 0.0870. The summed E-state index contributed by atoms with van der Waals surface area (Å²) in [5, 5.41) is 1.97. The summed E-state index contributed by atoms with van der Waals surface area (Å²) in [6.07, 6.45) is 1.66. The van der Waals surface area contributed by atoms with Gasteiger partial charge in [-0.1, -0.05) is 6.07 Å². The third kappa shape index (κ3) is 2.69. The molecule has 0 aliphatic carbocycles. The average Bonchev–Trinajstić information content (AvgIpc) is 3.01. The van der Waals surface area contributed by atoms with Gasteiger partial charge in [0.05, 0.1) is 13.0 Å². The number of ether oxygens (including phenoxy) is 1. The molecule has 0 radical (unpaired) electrons. The van der Waals surface area contributed by atoms with E-state index in [1.165, 1.54) is 4.90 Å². The van der Waals surface area contributed by atoms with Crippen LogP contribution in [0.3, 0.4) is 0 Å². The monoisotopic (exact) mass is 408 g/mol. The second-order valence-corrected chi connectivity index (χ2v) is 7.54. The van der Waals surface area contributed by atoms with Gasteiger partial charge in [-0.2, -0.15) is 0 Å². The summed E-state index contributed by atoms with van der Waals surface area (Å²) < 4.78 is 6.06. The minimum atomic E-state index is -0.791. The number of hydrogen-bond donors (Lipinski definition) is 1. The Kier molecular flexibility index (Phi) is 4.35. The van der Waals surface area contributed by atoms with Crippen molar-refractivity contribution in [2.75, 3.05) is 14.2 Å². The van der Waals surface area contributed by atoms with Gasteiger partial charge in [0, 0.05) is 34.0 Å². The lowest BCUT2D eigenvalue weighted by Crippen LogP contribution is -2.52. The minimum Gasteiger partial charge on any atom is -0.481 e. The summed E-state index contributed by atoms with van der Waals surface area (Å²) in [6.45, 7) is 1.93. The molecule has 0 saturated carbocycles. The van der Waals surface area contributed by atoms with Gasteiger partial charge in [0.15, 0.2) is 5.96 Å². The number of aliphatic imine (C=N–C) groups is 1. The van der Waals surface area contributed by atoms with Crippen molar-refractivity contribution in [3.8, 4) is 5.88 Å². The lowest BCUT2D eigenvalue weighted by molar-refractivity contribution is -0.130. The number of likely N-dealkylation sites (N-methyl/N-ethyl adjacent to an activating group) is 1. The zero-order valence-corrected chi connectivity index (χ0v) is 15.9. The second-order valence-electron chi connectivity index (χ2n) is 5.71. The summed E-state index contributed by atoms with van der Waals surface area (Å²) in [7, 11) is 3.19. The van der Waals surface area contributed by atoms with E-state index in [9.17, 15) is 4.79 Å². The topological polar surface area (TPSA) is 80.8 Å². The van der Waals surface area contributed by atoms with Crippen LogP contribution in [0.2, 0.25) is 0 Å². The molecule has 2 N–H and O–H groups in total. The summed E-state index contributed by atoms with van der Waals surface area (Å²) in [5.41, 5.74) is 5.97. The average molecular weight is 409 g/mol. The molecule has 1 amide bonds. The molecule has 6 nitrogen and oxygen atoms in total. The SMILES string of the molecule is COc1ccc([C@@H]2C(=O)N(C)C(N)=N[C@]2(C)c2cc(Br)cs2)cn1. The zero-order valence-electron chi connectivity index (χ0n) is 13.5. The number of nitrogens with two attached hydrogens (primary N) is 1. The van der Waals surface area contributed by atoms with E-state index in [0.717, 1.165) is 14.9 Å². The molecular formula is C16H17BrN4O2S. The highest BCUT2D eigenvalue weighted by Gasteiger charge is 2.48. The van der Waals surface area contributed by atoms with E-state index in [1.54, 1.807) is 37.8 Å². The standard InChI is InChI=1S/C16H17BrN4O2S/c1-16(11-6-10(17)8-24-11)13(14(22)21(2)15(18)20-16)9-4-5-12(23-3)19-7-9/h4-8,13H,1-3H3,(H2,18,20)/t13-,16-/m1/s1. The van der Waals surface area contributed by atoms with Gasteiger partial charge in [-0.15, -0.1) is 11.3 Å². The first kappa shape index (κ1) is 16.9. The Morgan fingerprint density at radius 1 is 1.46 bits per heavy atom. The van der Waals surface area contributed by atoms with Crippen LogP contribution in [0.1, 0.15) is 23.3 Å². The van der Waals surface area contributed by atoms with Crippen LogP contribution >= 0.6 is 27.3 Å². The van der Waals surface area contributed by atoms with Gasteiger partial charge in [0.25, 0.3) is 0 Å². The molecule has 24 heavy (non-hydrogen) atoms. The first-order valence-corrected chi connectivity index (χ1v) is 8.91. The van der Waals surface area contributed by atoms with Crippen LogP contribution in [0.25, 0.3) is 0 Å². The number of thiophene rings is 1. The van der Waals surface area contributed by atoms with Crippen molar-refractivity contribution < 1.29 is 9.53 Å². The number of rotatable bonds is 3. The molecule has 0 saturated heterocycles. The number of hydrogen-bond acceptors (Lipinski definition) is 6. The van der Waals surface area contributed by atoms with E-state index in [2.05, 4.69) is 25.9 Å². The zero-order chi connectivity index (χ0) is 17.5. The highest BCUT2D eigenvalue weighted by Crippen LogP contribution is 2.46. The quantitative estimate of drug-likeness (QED) is 0.846. The van der Waals surface area contributed by atoms with Gasteiger partial charge < -0.3 is 10.5 Å². The largest absolute Gasteiger partial charge is 0.481 e. The Balaban J connectivity index is 2.16. The lowest BCUT2D eigenvalue weighted by Gasteiger charge is -2.39. The molecule has 3 heterocycles. The van der Waals surface area contributed by atoms with Gasteiger partial charge in [-0.05, 0) is 34.5 Å². The Morgan fingerprint density at radius 2 is 2.21 bits per heavy atom. The van der Waals surface area contributed by atoms with Crippen molar-refractivity contribution in [3.05, 3.63) is 44.7 Å². The number of guanidine groups is 1. The van der Waals surface area contributed by atoms with Crippen LogP contribution in [-0.2, 0) is 10.3 Å². The van der Waals surface area contributed by atoms with Crippen molar-refractivity contribution >= 4 is 39.1 Å². The van der Waals surface area contributed by atoms with Gasteiger partial charge in [0.2, 0.25) is 11.8 Å². The number of carbonyl (C=O) groups excluding carboxylic acids is 1. The Bertz CT molecular complexity index is 805. The molecule has 1 aliphatic rings. The third-order valence-electron chi connectivity index (χ3n) is 4.20. The van der Waals surface area contributed by atoms with Gasteiger partial charge >= 0.3 is 0 Å². The van der Waals surface area contributed by atoms with E-state index in [1.807, 2.05) is 24.4 Å². The van der Waals surface area contributed by atoms with Gasteiger partial charge in [-0.25, -0.2) is 9.98 Å². The van der Waals surface area contributed by atoms with Crippen LogP contribution < -0.4 is 10.5 Å². The molecular weight excluding hydrogens is 392 g/mol. The maximum absolute atomic E-state index is 13.0. The van der Waals surface area contributed by atoms with Crippen molar-refractivity contribution in [1.82, 2.24) is 9.88 Å². The molecule has 0 unspecified atom stereocenters. The maximum Gasteiger partial charge on any atom is 0.239 e. The van der Waals surface area contributed by atoms with Crippen LogP contribution in [-0.4, -0.2) is 35.9 Å². The molecule has 2 aromatic heterocycles. The fourth-order valence-electron chi connectivity index (χ4n) is 2.85. The minimum absolute atomic E-state index is 0.110. The Hall–Kier alpha value is -1.93. The highest BCUT2D eigenvalue weighted by molar-refractivity contribution is 9.10. The van der Waals surface area contributed by atoms with E-state index in [-0.39, 0.29) is 11.9 Å². The Morgan fingerprint density at radius 3 is 2.75 bits per heavy atom. The molecule has 0 fully saturated rings. The van der Waals surface area contributed by atoms with Gasteiger partial charge in [0.1, 0.15) is 5.54 Å². The molecule has 1 aliphatic heterocycles. The fourth-order valence-corrected chi connectivity index (χ4v) is 4.42. The Labute approximate surface area is 152 Å². The first-order chi connectivity index (χ1) is 11.4. The van der Waals surface area contributed by atoms with E-state index < -0.39 is 11.5 Å². The molecule has 2 aromatic rings. The molecule has 0 aromatic carbocycles. The van der Waals surface area contributed by atoms with E-state index in [0.29, 0.717) is 5.88 Å².